The summed E-state index contributed by atoms with van der Waals surface area (Å²) in [5.41, 5.74) is -0.605. The first-order valence-corrected chi connectivity index (χ1v) is 3.79. The minimum absolute atomic E-state index is 0.570. The largest absolute Gasteiger partial charge is 0.390 e. The number of aliphatic hydroxyl groups is 1. The van der Waals surface area contributed by atoms with Gasteiger partial charge in [-0.1, -0.05) is 26.0 Å². The van der Waals surface area contributed by atoms with Gasteiger partial charge in [0.25, 0.3) is 0 Å². The molecule has 0 heterocycles. The number of hydrogen-bond donors (Lipinski definition) is 1. The Bertz CT molecular complexity index is 103. The highest BCUT2D eigenvalue weighted by molar-refractivity contribution is 4.88. The van der Waals surface area contributed by atoms with Gasteiger partial charge in [0.15, 0.2) is 0 Å². The maximum absolute atomic E-state index is 9.44. The van der Waals surface area contributed by atoms with E-state index >= 15 is 0 Å². The molecule has 0 bridgehead atoms. The van der Waals surface area contributed by atoms with E-state index in [2.05, 4.69) is 19.9 Å². The molecule has 10 heavy (non-hydrogen) atoms. The minimum atomic E-state index is -0.605. The van der Waals surface area contributed by atoms with Gasteiger partial charge in [-0.05, 0) is 26.2 Å². The average molecular weight is 141 g/mol. The summed E-state index contributed by atoms with van der Waals surface area (Å²) >= 11 is 0. The van der Waals surface area contributed by atoms with E-state index in [0.717, 1.165) is 6.42 Å². The highest BCUT2D eigenvalue weighted by atomic mass is 16.3. The zero-order valence-corrected chi connectivity index (χ0v) is 6.93. The van der Waals surface area contributed by atoms with Crippen LogP contribution in [0.3, 0.4) is 0 Å². The summed E-state index contributed by atoms with van der Waals surface area (Å²) < 4.78 is 0. The van der Waals surface area contributed by atoms with Gasteiger partial charge in [0.1, 0.15) is 0 Å². The lowest BCUT2D eigenvalue weighted by Crippen LogP contribution is -2.21. The summed E-state index contributed by atoms with van der Waals surface area (Å²) in [6, 6.07) is 0. The molecule has 0 fully saturated rings. The molecule has 0 aromatic heterocycles. The van der Waals surface area contributed by atoms with Gasteiger partial charge in [0.2, 0.25) is 0 Å². The van der Waals surface area contributed by atoms with Crippen LogP contribution in [0.1, 0.15) is 33.1 Å². The Kier molecular flexibility index (Phi) is 4.37. The van der Waals surface area contributed by atoms with Crippen molar-refractivity contribution in [1.82, 2.24) is 0 Å². The summed E-state index contributed by atoms with van der Waals surface area (Å²) in [5.74, 6) is 0. The summed E-state index contributed by atoms with van der Waals surface area (Å²) in [6.45, 7) is 7.54. The van der Waals surface area contributed by atoms with Gasteiger partial charge in [0.05, 0.1) is 5.60 Å². The molecular weight excluding hydrogens is 124 g/mol. The van der Waals surface area contributed by atoms with Crippen LogP contribution >= 0.6 is 0 Å². The molecule has 0 aromatic rings. The molecule has 0 saturated carbocycles. The van der Waals surface area contributed by atoms with Crippen molar-refractivity contribution in [2.45, 2.75) is 38.7 Å². The molecule has 0 saturated heterocycles. The molecular formula is C9H17O. The molecule has 1 radical (unpaired) electrons. The Morgan fingerprint density at radius 3 is 2.50 bits per heavy atom. The smallest absolute Gasteiger partial charge is 0.0654 e. The molecule has 1 heteroatoms. The normalized spacial score (nSPS) is 17.6. The van der Waals surface area contributed by atoms with E-state index in [1.807, 2.05) is 6.08 Å². The second kappa shape index (κ2) is 4.51. The number of rotatable bonds is 4. The highest BCUT2D eigenvalue weighted by Crippen LogP contribution is 2.13. The molecule has 0 aliphatic rings. The van der Waals surface area contributed by atoms with Crippen LogP contribution in [0.15, 0.2) is 12.2 Å². The Morgan fingerprint density at radius 2 is 2.10 bits per heavy atom. The molecule has 1 unspecified atom stereocenters. The van der Waals surface area contributed by atoms with Crippen molar-refractivity contribution in [3.05, 3.63) is 19.1 Å². The molecule has 1 atom stereocenters. The van der Waals surface area contributed by atoms with Crippen LogP contribution < -0.4 is 0 Å². The predicted molar refractivity (Wildman–Crippen MR) is 44.6 cm³/mol. The van der Waals surface area contributed by atoms with Gasteiger partial charge in [0, 0.05) is 0 Å². The second-order valence-corrected chi connectivity index (χ2v) is 2.83. The Labute approximate surface area is 63.8 Å². The first kappa shape index (κ1) is 9.70. The maximum Gasteiger partial charge on any atom is 0.0654 e. The van der Waals surface area contributed by atoms with Gasteiger partial charge in [-0.15, -0.1) is 0 Å². The van der Waals surface area contributed by atoms with Crippen LogP contribution in [0, 0.1) is 6.92 Å². The Balaban J connectivity index is 3.56. The first-order chi connectivity index (χ1) is 4.62. The van der Waals surface area contributed by atoms with Crippen molar-refractivity contribution in [2.75, 3.05) is 0 Å². The zero-order valence-electron chi connectivity index (χ0n) is 6.93. The third-order valence-electron chi connectivity index (χ3n) is 1.50. The summed E-state index contributed by atoms with van der Waals surface area (Å²) in [5, 5.41) is 9.44. The van der Waals surface area contributed by atoms with E-state index in [1.54, 1.807) is 6.92 Å². The summed E-state index contributed by atoms with van der Waals surface area (Å²) in [6.07, 6.45) is 6.38. The van der Waals surface area contributed by atoms with Gasteiger partial charge >= 0.3 is 0 Å². The third-order valence-corrected chi connectivity index (χ3v) is 1.50. The summed E-state index contributed by atoms with van der Waals surface area (Å²) in [7, 11) is 0. The van der Waals surface area contributed by atoms with E-state index in [4.69, 9.17) is 0 Å². The fourth-order valence-corrected chi connectivity index (χ4v) is 0.606. The van der Waals surface area contributed by atoms with Crippen molar-refractivity contribution in [1.29, 1.82) is 0 Å². The van der Waals surface area contributed by atoms with Crippen molar-refractivity contribution >= 4 is 0 Å². The van der Waals surface area contributed by atoms with Crippen LogP contribution in [0.25, 0.3) is 0 Å². The zero-order chi connectivity index (χ0) is 8.04. The van der Waals surface area contributed by atoms with E-state index < -0.39 is 5.60 Å². The predicted octanol–water partition coefficient (Wildman–Crippen LogP) is 2.32. The fourth-order valence-electron chi connectivity index (χ4n) is 0.606. The van der Waals surface area contributed by atoms with Crippen LogP contribution in [0.5, 0.6) is 0 Å². The second-order valence-electron chi connectivity index (χ2n) is 2.83. The molecule has 0 aromatic carbocycles. The van der Waals surface area contributed by atoms with Gasteiger partial charge in [-0.2, -0.15) is 0 Å². The third kappa shape index (κ3) is 4.57. The van der Waals surface area contributed by atoms with Crippen molar-refractivity contribution in [3.63, 3.8) is 0 Å². The Hall–Kier alpha value is -0.300. The van der Waals surface area contributed by atoms with Crippen LogP contribution in [-0.2, 0) is 0 Å². The lowest BCUT2D eigenvalue weighted by molar-refractivity contribution is 0.0657. The SMILES string of the molecule is [CH2]CC(C)(O)C/C=C\CC. The van der Waals surface area contributed by atoms with E-state index in [0.29, 0.717) is 12.8 Å². The van der Waals surface area contributed by atoms with Gasteiger partial charge in [-0.25, -0.2) is 0 Å². The number of hydrogen-bond acceptors (Lipinski definition) is 1. The summed E-state index contributed by atoms with van der Waals surface area (Å²) in [4.78, 5) is 0. The highest BCUT2D eigenvalue weighted by Gasteiger charge is 2.14. The quantitative estimate of drug-likeness (QED) is 0.596. The lowest BCUT2D eigenvalue weighted by atomic mass is 9.99. The monoisotopic (exact) mass is 141 g/mol. The Morgan fingerprint density at radius 1 is 1.50 bits per heavy atom. The van der Waals surface area contributed by atoms with E-state index in [1.165, 1.54) is 0 Å². The van der Waals surface area contributed by atoms with Crippen LogP contribution in [0.4, 0.5) is 0 Å². The average Bonchev–Trinajstić information content (AvgIpc) is 1.89. The first-order valence-electron chi connectivity index (χ1n) is 3.79. The van der Waals surface area contributed by atoms with Crippen LogP contribution in [-0.4, -0.2) is 10.7 Å². The molecule has 1 nitrogen and oxygen atoms in total. The number of allylic oxidation sites excluding steroid dienone is 1. The van der Waals surface area contributed by atoms with Gasteiger partial charge < -0.3 is 5.11 Å². The molecule has 0 aliphatic carbocycles. The molecule has 0 aliphatic heterocycles. The lowest BCUT2D eigenvalue weighted by Gasteiger charge is -2.18. The van der Waals surface area contributed by atoms with Gasteiger partial charge in [-0.3, -0.25) is 0 Å². The fraction of sp³-hybridized carbons (Fsp3) is 0.667. The molecule has 1 N–H and O–H groups in total. The minimum Gasteiger partial charge on any atom is -0.390 e. The standard InChI is InChI=1S/C9H17O/c1-4-6-7-8-9(3,10)5-2/h6-7,10H,2,4-5,8H2,1,3H3/b7-6-. The van der Waals surface area contributed by atoms with Crippen molar-refractivity contribution in [2.24, 2.45) is 0 Å². The molecule has 59 valence electrons. The molecule has 0 amide bonds. The molecule has 0 rings (SSSR count). The topological polar surface area (TPSA) is 20.2 Å². The maximum atomic E-state index is 9.44. The van der Waals surface area contributed by atoms with E-state index in [9.17, 15) is 5.11 Å². The van der Waals surface area contributed by atoms with Crippen LogP contribution in [0.2, 0.25) is 0 Å². The van der Waals surface area contributed by atoms with Crippen molar-refractivity contribution in [3.8, 4) is 0 Å². The van der Waals surface area contributed by atoms with E-state index in [-0.39, 0.29) is 0 Å². The van der Waals surface area contributed by atoms with Crippen molar-refractivity contribution < 1.29 is 5.11 Å². The molecule has 0 spiro atoms.